The highest BCUT2D eigenvalue weighted by Crippen LogP contribution is 2.43. The predicted molar refractivity (Wildman–Crippen MR) is 199 cm³/mol. The number of carbonyl (C=O) groups excluding carboxylic acids is 2. The van der Waals surface area contributed by atoms with Gasteiger partial charge in [-0.1, -0.05) is 85.4 Å². The Bertz CT molecular complexity index is 2130. The third kappa shape index (κ3) is 8.73. The van der Waals surface area contributed by atoms with Crippen LogP contribution in [-0.4, -0.2) is 77.8 Å². The Morgan fingerprint density at radius 1 is 0.929 bits per heavy atom. The monoisotopic (exact) mass is 788 g/mol. The van der Waals surface area contributed by atoms with Gasteiger partial charge in [-0.25, -0.2) is 0 Å². The number of halogens is 3. The summed E-state index contributed by atoms with van der Waals surface area (Å²) in [6.45, 7) is 1.97. The van der Waals surface area contributed by atoms with E-state index in [1.807, 2.05) is 72.8 Å². The van der Waals surface area contributed by atoms with Crippen LogP contribution in [0.25, 0.3) is 16.8 Å². The molecule has 16 heteroatoms. The summed E-state index contributed by atoms with van der Waals surface area (Å²) in [5.74, 6) is -2.06. The summed E-state index contributed by atoms with van der Waals surface area (Å²) >= 11 is 1.44. The van der Waals surface area contributed by atoms with Crippen LogP contribution >= 0.6 is 11.8 Å². The highest BCUT2D eigenvalue weighted by molar-refractivity contribution is 7.99. The first-order chi connectivity index (χ1) is 27.0. The largest absolute Gasteiger partial charge is 0.508 e. The van der Waals surface area contributed by atoms with E-state index in [4.69, 9.17) is 9.47 Å². The minimum absolute atomic E-state index is 0.0707. The summed E-state index contributed by atoms with van der Waals surface area (Å²) in [5.41, 5.74) is 5.71. The number of nitrogens with one attached hydrogen (secondary N) is 1. The van der Waals surface area contributed by atoms with E-state index >= 15 is 0 Å². The normalized spacial score (nSPS) is 21.2. The van der Waals surface area contributed by atoms with Gasteiger partial charge in [0, 0.05) is 30.3 Å². The average Bonchev–Trinajstić information content (AvgIpc) is 3.90. The molecule has 7 rings (SSSR count). The molecule has 2 amide bonds. The molecule has 2 aliphatic heterocycles. The number of amides is 2. The van der Waals surface area contributed by atoms with Gasteiger partial charge < -0.3 is 29.9 Å². The molecule has 56 heavy (non-hydrogen) atoms. The predicted octanol–water partition coefficient (Wildman–Crippen LogP) is 6.28. The summed E-state index contributed by atoms with van der Waals surface area (Å²) in [6, 6.07) is 28.3. The zero-order valence-corrected chi connectivity index (χ0v) is 31.0. The number of rotatable bonds is 11. The van der Waals surface area contributed by atoms with Crippen LogP contribution in [0.4, 0.5) is 13.2 Å². The fourth-order valence-corrected chi connectivity index (χ4v) is 7.99. The number of thioether (sulfide) groups is 1. The van der Waals surface area contributed by atoms with Crippen molar-refractivity contribution in [3.05, 3.63) is 119 Å². The number of nitrogens with zero attached hydrogens (tertiary/aromatic N) is 5. The topological polar surface area (TPSA) is 152 Å². The number of likely N-dealkylation sites (tertiary alicyclic amines) is 1. The van der Waals surface area contributed by atoms with E-state index < -0.39 is 30.3 Å². The molecule has 4 aromatic carbocycles. The number of hydrogen-bond acceptors (Lipinski definition) is 10. The Labute approximate surface area is 324 Å². The van der Waals surface area contributed by atoms with E-state index in [1.165, 1.54) is 11.8 Å². The highest BCUT2D eigenvalue weighted by Gasteiger charge is 2.47. The number of aliphatic hydroxyl groups excluding tert-OH is 1. The lowest BCUT2D eigenvalue weighted by molar-refractivity contribution is -0.268. The zero-order valence-electron chi connectivity index (χ0n) is 30.2. The van der Waals surface area contributed by atoms with Crippen LogP contribution in [0.5, 0.6) is 5.75 Å². The molecular weight excluding hydrogens is 750 g/mol. The van der Waals surface area contributed by atoms with Crippen LogP contribution in [0.2, 0.25) is 0 Å². The number of alkyl halides is 3. The van der Waals surface area contributed by atoms with Crippen molar-refractivity contribution in [1.82, 2.24) is 30.4 Å². The van der Waals surface area contributed by atoms with Gasteiger partial charge in [0.05, 0.1) is 24.5 Å². The molecule has 0 saturated carbocycles. The SMILES string of the molecule is C[C@H]1[C@@H](CSc2nnnn2-c2ccc(O)cc2)O[C@@H](c2ccc(-c3cccc(CNC(=O)[C@@H]4CCCN4C(=O)C(F)(F)F)c3)cc2)O[C@H]1c1ccc(CO)cc1. The standard InChI is InChI=1S/C40H39F3N6O6S/c1-24-34(23-56-39-45-46-47-49(39)31-15-17-32(51)18-16-31)54-37(55-35(24)28-9-7-25(22-50)8-10-28)29-13-11-27(12-14-29)30-5-2-4-26(20-30)21-44-36(52)33-6-3-19-48(33)38(53)40(41,42)43/h2,4-5,7-18,20,24,33-35,37,50-51H,3,6,19,21-23H2,1H3,(H,44,52)/t24-,33-,34+,35+,37+/m0/s1. The lowest BCUT2D eigenvalue weighted by Gasteiger charge is -2.41. The Balaban J connectivity index is 1.05. The molecule has 2 aliphatic rings. The van der Waals surface area contributed by atoms with E-state index in [1.54, 1.807) is 28.9 Å². The van der Waals surface area contributed by atoms with Crippen molar-refractivity contribution in [3.8, 4) is 22.6 Å². The third-order valence-electron chi connectivity index (χ3n) is 10.0. The molecule has 2 saturated heterocycles. The molecule has 5 aromatic rings. The fraction of sp³-hybridized carbons (Fsp3) is 0.325. The first-order valence-corrected chi connectivity index (χ1v) is 19.0. The molecule has 292 valence electrons. The average molecular weight is 789 g/mol. The van der Waals surface area contributed by atoms with Gasteiger partial charge in [0.2, 0.25) is 11.1 Å². The number of tetrazole rings is 1. The number of aromatic nitrogens is 4. The van der Waals surface area contributed by atoms with Crippen molar-refractivity contribution < 1.29 is 42.4 Å². The fourth-order valence-electron chi connectivity index (χ4n) is 6.94. The molecule has 0 spiro atoms. The lowest BCUT2D eigenvalue weighted by atomic mass is 9.91. The number of benzene rings is 4. The van der Waals surface area contributed by atoms with Crippen molar-refractivity contribution in [2.24, 2.45) is 5.92 Å². The van der Waals surface area contributed by atoms with E-state index in [9.17, 15) is 33.0 Å². The van der Waals surface area contributed by atoms with Gasteiger partial charge in [0.25, 0.3) is 0 Å². The van der Waals surface area contributed by atoms with Crippen molar-refractivity contribution in [3.63, 3.8) is 0 Å². The number of aliphatic hydroxyl groups is 1. The molecule has 0 aliphatic carbocycles. The van der Waals surface area contributed by atoms with E-state index in [-0.39, 0.29) is 50.0 Å². The molecule has 0 bridgehead atoms. The summed E-state index contributed by atoms with van der Waals surface area (Å²) < 4.78 is 54.0. The number of ether oxygens (including phenoxy) is 2. The molecular formula is C40H39F3N6O6S. The van der Waals surface area contributed by atoms with Crippen molar-refractivity contribution in [2.75, 3.05) is 12.3 Å². The van der Waals surface area contributed by atoms with Crippen molar-refractivity contribution in [1.29, 1.82) is 0 Å². The maximum atomic E-state index is 13.1. The van der Waals surface area contributed by atoms with Gasteiger partial charge >= 0.3 is 12.1 Å². The lowest BCUT2D eigenvalue weighted by Crippen LogP contribution is -2.50. The maximum absolute atomic E-state index is 13.1. The number of phenols is 1. The first-order valence-electron chi connectivity index (χ1n) is 18.0. The third-order valence-corrected chi connectivity index (χ3v) is 11.0. The highest BCUT2D eigenvalue weighted by atomic mass is 32.2. The van der Waals surface area contributed by atoms with Crippen LogP contribution in [0.15, 0.2) is 102 Å². The van der Waals surface area contributed by atoms with Crippen LogP contribution in [0.3, 0.4) is 0 Å². The molecule has 3 N–H and O–H groups in total. The Morgan fingerprint density at radius 2 is 1.66 bits per heavy atom. The van der Waals surface area contributed by atoms with Gasteiger partial charge in [-0.3, -0.25) is 9.59 Å². The summed E-state index contributed by atoms with van der Waals surface area (Å²) in [7, 11) is 0. The molecule has 0 unspecified atom stereocenters. The molecule has 12 nitrogen and oxygen atoms in total. The van der Waals surface area contributed by atoms with Crippen molar-refractivity contribution in [2.45, 2.75) is 68.8 Å². The minimum Gasteiger partial charge on any atom is -0.508 e. The molecule has 3 heterocycles. The second-order valence-electron chi connectivity index (χ2n) is 13.7. The summed E-state index contributed by atoms with van der Waals surface area (Å²) in [4.78, 5) is 25.3. The van der Waals surface area contributed by atoms with Gasteiger partial charge in [0.15, 0.2) is 6.29 Å². The summed E-state index contributed by atoms with van der Waals surface area (Å²) in [5, 5.41) is 34.8. The second-order valence-corrected chi connectivity index (χ2v) is 14.7. The van der Waals surface area contributed by atoms with E-state index in [0.29, 0.717) is 27.9 Å². The number of aromatic hydroxyl groups is 1. The zero-order chi connectivity index (χ0) is 39.4. The molecule has 1 aromatic heterocycles. The smallest absolute Gasteiger partial charge is 0.471 e. The van der Waals surface area contributed by atoms with Gasteiger partial charge in [0.1, 0.15) is 11.8 Å². The molecule has 2 fully saturated rings. The Morgan fingerprint density at radius 3 is 2.38 bits per heavy atom. The van der Waals surface area contributed by atoms with Gasteiger partial charge in [-0.2, -0.15) is 17.9 Å². The van der Waals surface area contributed by atoms with Crippen LogP contribution < -0.4 is 5.32 Å². The maximum Gasteiger partial charge on any atom is 0.471 e. The number of phenolic OH excluding ortho intramolecular Hbond substituents is 1. The molecule has 5 atom stereocenters. The second kappa shape index (κ2) is 16.8. The minimum atomic E-state index is -5.03. The van der Waals surface area contributed by atoms with Crippen LogP contribution in [-0.2, 0) is 32.2 Å². The van der Waals surface area contributed by atoms with Crippen molar-refractivity contribution >= 4 is 23.6 Å². The Hall–Kier alpha value is -5.29. The Kier molecular flexibility index (Phi) is 11.7. The number of carbonyl (C=O) groups is 2. The van der Waals surface area contributed by atoms with Crippen LogP contribution in [0.1, 0.15) is 54.4 Å². The molecule has 0 radical (unpaired) electrons. The summed E-state index contributed by atoms with van der Waals surface area (Å²) in [6.07, 6.45) is -5.89. The van der Waals surface area contributed by atoms with E-state index in [0.717, 1.165) is 33.4 Å². The van der Waals surface area contributed by atoms with Crippen LogP contribution in [0, 0.1) is 5.92 Å². The van der Waals surface area contributed by atoms with Gasteiger partial charge in [-0.05, 0) is 81.4 Å². The van der Waals surface area contributed by atoms with E-state index in [2.05, 4.69) is 27.8 Å². The number of hydrogen-bond donors (Lipinski definition) is 3. The first kappa shape index (κ1) is 39.0. The quantitative estimate of drug-likeness (QED) is 0.131. The van der Waals surface area contributed by atoms with Gasteiger partial charge in [-0.15, -0.1) is 5.10 Å².